The molecule has 0 amide bonds. The van der Waals surface area contributed by atoms with E-state index in [-0.39, 0.29) is 66.7 Å². The summed E-state index contributed by atoms with van der Waals surface area (Å²) in [5.74, 6) is -3.16. The minimum atomic E-state index is -1.04. The zero-order chi connectivity index (χ0) is 25.7. The smallest absolute Gasteiger partial charge is 0.371 e. The third-order valence-corrected chi connectivity index (χ3v) is 4.91. The summed E-state index contributed by atoms with van der Waals surface area (Å²) in [6.45, 7) is 0. The van der Waals surface area contributed by atoms with Crippen LogP contribution in [0.2, 0.25) is 0 Å². The third-order valence-electron chi connectivity index (χ3n) is 4.91. The molecule has 9 nitrogen and oxygen atoms in total. The molecule has 0 aliphatic carbocycles. The molecule has 3 aromatic carbocycles. The van der Waals surface area contributed by atoms with E-state index in [1.54, 1.807) is 36.4 Å². The summed E-state index contributed by atoms with van der Waals surface area (Å²) in [6, 6.07) is 26.1. The fourth-order valence-electron chi connectivity index (χ4n) is 3.26. The molecular formula is C27H18EuO9. The number of para-hydroxylation sites is 3. The maximum Gasteiger partial charge on any atom is 0.371 e. The van der Waals surface area contributed by atoms with E-state index in [9.17, 15) is 14.4 Å². The number of carbonyl (C=O) groups is 3. The van der Waals surface area contributed by atoms with Crippen LogP contribution in [0.15, 0.2) is 104 Å². The molecule has 0 spiro atoms. The summed E-state index contributed by atoms with van der Waals surface area (Å²) in [5.41, 5.74) is 1.82. The van der Waals surface area contributed by atoms with Crippen molar-refractivity contribution < 1.29 is 92.3 Å². The molecule has 6 rings (SSSR count). The Bertz CT molecular complexity index is 1390. The average Bonchev–Trinajstić information content (AvgIpc) is 3.61. The second-order valence-corrected chi connectivity index (χ2v) is 7.36. The molecule has 10 heteroatoms. The summed E-state index contributed by atoms with van der Waals surface area (Å²) in [7, 11) is 0. The average molecular weight is 638 g/mol. The van der Waals surface area contributed by atoms with E-state index < -0.39 is 17.9 Å². The predicted molar refractivity (Wildman–Crippen MR) is 130 cm³/mol. The van der Waals surface area contributed by atoms with Gasteiger partial charge in [0.1, 0.15) is 16.7 Å². The Labute approximate surface area is 249 Å². The number of aromatic carboxylic acids is 3. The summed E-state index contributed by atoms with van der Waals surface area (Å²) in [6.07, 6.45) is 0. The van der Waals surface area contributed by atoms with Gasteiger partial charge in [0.05, 0.1) is 0 Å². The molecule has 37 heavy (non-hydrogen) atoms. The Hall–Kier alpha value is -3.73. The molecule has 0 saturated carbocycles. The van der Waals surface area contributed by atoms with Crippen LogP contribution < -0.4 is 0 Å². The Balaban J connectivity index is 0.000000152. The van der Waals surface area contributed by atoms with Crippen molar-refractivity contribution in [2.75, 3.05) is 0 Å². The topological polar surface area (TPSA) is 151 Å². The fraction of sp³-hybridized carbons (Fsp3) is 0. The molecule has 0 unspecified atom stereocenters. The van der Waals surface area contributed by atoms with Crippen molar-refractivity contribution in [3.8, 4) is 0 Å². The second-order valence-electron chi connectivity index (χ2n) is 7.36. The normalized spacial score (nSPS) is 10.1. The summed E-state index contributed by atoms with van der Waals surface area (Å²) >= 11 is 0. The van der Waals surface area contributed by atoms with Gasteiger partial charge in [-0.05, 0) is 36.4 Å². The van der Waals surface area contributed by atoms with Crippen molar-refractivity contribution in [1.29, 1.82) is 0 Å². The number of fused-ring (bicyclic) bond motifs is 3. The number of benzene rings is 3. The van der Waals surface area contributed by atoms with Gasteiger partial charge in [-0.1, -0.05) is 54.6 Å². The summed E-state index contributed by atoms with van der Waals surface area (Å²) in [5, 5.41) is 28.2. The molecule has 0 saturated heterocycles. The predicted octanol–water partition coefficient (Wildman–Crippen LogP) is 6.39. The first-order valence-electron chi connectivity index (χ1n) is 10.5. The van der Waals surface area contributed by atoms with Gasteiger partial charge >= 0.3 is 17.9 Å². The van der Waals surface area contributed by atoms with Crippen molar-refractivity contribution >= 4 is 50.8 Å². The van der Waals surface area contributed by atoms with Gasteiger partial charge < -0.3 is 28.6 Å². The molecule has 3 aromatic heterocycles. The largest absolute Gasteiger partial charge is 0.475 e. The number of furan rings is 3. The first-order chi connectivity index (χ1) is 17.3. The van der Waals surface area contributed by atoms with Crippen LogP contribution in [0.25, 0.3) is 32.9 Å². The van der Waals surface area contributed by atoms with Crippen LogP contribution >= 0.6 is 0 Å². The molecule has 1 radical (unpaired) electrons. The molecule has 0 fully saturated rings. The van der Waals surface area contributed by atoms with Crippen molar-refractivity contribution in [2.24, 2.45) is 0 Å². The van der Waals surface area contributed by atoms with Gasteiger partial charge in [-0.2, -0.15) is 0 Å². The van der Waals surface area contributed by atoms with Crippen LogP contribution in [0, 0.1) is 49.4 Å². The van der Waals surface area contributed by atoms with Crippen molar-refractivity contribution in [1.82, 2.24) is 0 Å². The van der Waals surface area contributed by atoms with Crippen LogP contribution in [0.5, 0.6) is 0 Å². The fourth-order valence-corrected chi connectivity index (χ4v) is 3.26. The number of hydrogen-bond donors (Lipinski definition) is 3. The number of carboxylic acid groups (broad SMARTS) is 3. The van der Waals surface area contributed by atoms with Gasteiger partial charge in [0.2, 0.25) is 17.3 Å². The van der Waals surface area contributed by atoms with Gasteiger partial charge in [-0.3, -0.25) is 0 Å². The van der Waals surface area contributed by atoms with E-state index in [4.69, 9.17) is 28.6 Å². The maximum absolute atomic E-state index is 10.5. The number of rotatable bonds is 3. The molecule has 0 atom stereocenters. The van der Waals surface area contributed by atoms with Crippen LogP contribution in [0.1, 0.15) is 31.7 Å². The van der Waals surface area contributed by atoms with Crippen LogP contribution in [-0.2, 0) is 0 Å². The molecule has 187 valence electrons. The van der Waals surface area contributed by atoms with Gasteiger partial charge in [0, 0.05) is 65.5 Å². The van der Waals surface area contributed by atoms with E-state index in [1.165, 1.54) is 18.2 Å². The van der Waals surface area contributed by atoms with Crippen molar-refractivity contribution in [3.63, 3.8) is 0 Å². The van der Waals surface area contributed by atoms with E-state index in [0.29, 0.717) is 16.7 Å². The Kier molecular flexibility index (Phi) is 9.40. The standard InChI is InChI=1S/3C9H6O3.Eu/c3*10-9(11)8-5-6-3-1-2-4-7(6)12-8;/h3*1-5H,(H,10,11);. The third kappa shape index (κ3) is 6.94. The van der Waals surface area contributed by atoms with Crippen molar-refractivity contribution in [2.45, 2.75) is 0 Å². The SMILES string of the molecule is O=C(O)c1cc2ccccc2o1.O=C(O)c1cc2ccccc2o1.O=C(O)c1cc2ccccc2o1.[Eu]. The molecule has 0 bridgehead atoms. The first kappa shape index (κ1) is 27.9. The maximum atomic E-state index is 10.5. The molecule has 6 aromatic rings. The van der Waals surface area contributed by atoms with Gasteiger partial charge in [-0.15, -0.1) is 0 Å². The van der Waals surface area contributed by atoms with Crippen LogP contribution in [0.4, 0.5) is 0 Å². The quantitative estimate of drug-likeness (QED) is 0.200. The van der Waals surface area contributed by atoms with Crippen LogP contribution in [0.3, 0.4) is 0 Å². The Morgan fingerprint density at radius 1 is 0.459 bits per heavy atom. The van der Waals surface area contributed by atoms with Crippen LogP contribution in [-0.4, -0.2) is 33.2 Å². The van der Waals surface area contributed by atoms with E-state index in [1.807, 2.05) is 36.4 Å². The van der Waals surface area contributed by atoms with E-state index in [0.717, 1.165) is 16.2 Å². The number of carboxylic acids is 3. The Morgan fingerprint density at radius 2 is 0.703 bits per heavy atom. The zero-order valence-corrected chi connectivity index (χ0v) is 21.3. The molecule has 3 N–H and O–H groups in total. The van der Waals surface area contributed by atoms with Gasteiger partial charge in [-0.25, -0.2) is 14.4 Å². The molecular weight excluding hydrogens is 620 g/mol. The molecule has 3 heterocycles. The van der Waals surface area contributed by atoms with E-state index in [2.05, 4.69) is 0 Å². The van der Waals surface area contributed by atoms with Gasteiger partial charge in [0.25, 0.3) is 0 Å². The van der Waals surface area contributed by atoms with Gasteiger partial charge in [0.15, 0.2) is 0 Å². The van der Waals surface area contributed by atoms with Crippen molar-refractivity contribution in [3.05, 3.63) is 108 Å². The monoisotopic (exact) mass is 639 g/mol. The van der Waals surface area contributed by atoms with E-state index >= 15 is 0 Å². The summed E-state index contributed by atoms with van der Waals surface area (Å²) < 4.78 is 15.1. The Morgan fingerprint density at radius 3 is 0.919 bits per heavy atom. The number of hydrogen-bond acceptors (Lipinski definition) is 6. The first-order valence-corrected chi connectivity index (χ1v) is 10.5. The minimum absolute atomic E-state index is 0. The molecule has 0 aliphatic rings. The second kappa shape index (κ2) is 12.5. The zero-order valence-electron chi connectivity index (χ0n) is 18.8. The molecule has 0 aliphatic heterocycles. The minimum Gasteiger partial charge on any atom is -0.475 e. The summed E-state index contributed by atoms with van der Waals surface area (Å²) in [4.78, 5) is 31.4.